The fourth-order valence-electron chi connectivity index (χ4n) is 2.89. The quantitative estimate of drug-likeness (QED) is 0.699. The van der Waals surface area contributed by atoms with Crippen LogP contribution >= 0.6 is 23.2 Å². The van der Waals surface area contributed by atoms with Crippen molar-refractivity contribution in [2.24, 2.45) is 5.92 Å². The molecule has 0 spiro atoms. The van der Waals surface area contributed by atoms with Crippen molar-refractivity contribution in [2.45, 2.75) is 32.1 Å². The van der Waals surface area contributed by atoms with Gasteiger partial charge in [0.05, 0.1) is 5.56 Å². The largest absolute Gasteiger partial charge is 0.220 e. The molecule has 2 nitrogen and oxygen atoms in total. The van der Waals surface area contributed by atoms with Crippen LogP contribution in [0.5, 0.6) is 0 Å². The highest BCUT2D eigenvalue weighted by atomic mass is 35.5. The molecule has 20 heavy (non-hydrogen) atoms. The SMILES string of the molecule is CC1CCC(c2nc(Cl)c(-c3ccccc3)c(Cl)n2)C1. The Bertz CT molecular complexity index is 590. The lowest BCUT2D eigenvalue weighted by atomic mass is 10.0. The summed E-state index contributed by atoms with van der Waals surface area (Å²) in [7, 11) is 0. The molecule has 1 aliphatic rings. The Kier molecular flexibility index (Phi) is 3.95. The molecule has 1 aliphatic carbocycles. The normalized spacial score (nSPS) is 22.1. The second-order valence-electron chi connectivity index (χ2n) is 5.52. The van der Waals surface area contributed by atoms with Gasteiger partial charge in [-0.25, -0.2) is 9.97 Å². The number of aromatic nitrogens is 2. The number of rotatable bonds is 2. The third kappa shape index (κ3) is 2.68. The van der Waals surface area contributed by atoms with Gasteiger partial charge in [0.25, 0.3) is 0 Å². The summed E-state index contributed by atoms with van der Waals surface area (Å²) in [5.74, 6) is 1.92. The molecule has 1 aromatic heterocycles. The van der Waals surface area contributed by atoms with Gasteiger partial charge in [0, 0.05) is 5.92 Å². The monoisotopic (exact) mass is 306 g/mol. The van der Waals surface area contributed by atoms with Crippen molar-refractivity contribution >= 4 is 23.2 Å². The highest BCUT2D eigenvalue weighted by Gasteiger charge is 2.26. The van der Waals surface area contributed by atoms with Crippen LogP contribution in [0.25, 0.3) is 11.1 Å². The van der Waals surface area contributed by atoms with Crippen molar-refractivity contribution in [1.82, 2.24) is 9.97 Å². The van der Waals surface area contributed by atoms with Gasteiger partial charge in [-0.15, -0.1) is 0 Å². The predicted molar refractivity (Wildman–Crippen MR) is 83.2 cm³/mol. The van der Waals surface area contributed by atoms with Crippen molar-refractivity contribution < 1.29 is 0 Å². The minimum Gasteiger partial charge on any atom is -0.220 e. The van der Waals surface area contributed by atoms with E-state index in [9.17, 15) is 0 Å². The summed E-state index contributed by atoms with van der Waals surface area (Å²) in [6, 6.07) is 9.80. The second kappa shape index (κ2) is 5.71. The number of hydrogen-bond donors (Lipinski definition) is 0. The van der Waals surface area contributed by atoms with E-state index in [0.29, 0.717) is 16.2 Å². The third-order valence-electron chi connectivity index (χ3n) is 3.96. The molecule has 1 saturated carbocycles. The van der Waals surface area contributed by atoms with Crippen LogP contribution in [0.15, 0.2) is 30.3 Å². The van der Waals surface area contributed by atoms with E-state index in [0.717, 1.165) is 35.7 Å². The maximum Gasteiger partial charge on any atom is 0.142 e. The van der Waals surface area contributed by atoms with E-state index in [1.54, 1.807) is 0 Å². The standard InChI is InChI=1S/C16H16Cl2N2/c1-10-7-8-12(9-10)16-19-14(17)13(15(18)20-16)11-5-3-2-4-6-11/h2-6,10,12H,7-9H2,1H3. The average molecular weight is 307 g/mol. The zero-order valence-electron chi connectivity index (χ0n) is 11.3. The molecule has 0 aliphatic heterocycles. The summed E-state index contributed by atoms with van der Waals surface area (Å²) in [4.78, 5) is 8.99. The molecule has 1 heterocycles. The fraction of sp³-hybridized carbons (Fsp3) is 0.375. The van der Waals surface area contributed by atoms with Crippen molar-refractivity contribution in [1.29, 1.82) is 0 Å². The van der Waals surface area contributed by atoms with Crippen LogP contribution in [0.1, 0.15) is 37.9 Å². The number of halogens is 2. The minimum absolute atomic E-state index is 0.393. The Hall–Kier alpha value is -1.12. The highest BCUT2D eigenvalue weighted by molar-refractivity contribution is 6.37. The van der Waals surface area contributed by atoms with Gasteiger partial charge in [-0.1, -0.05) is 60.5 Å². The maximum absolute atomic E-state index is 6.35. The lowest BCUT2D eigenvalue weighted by molar-refractivity contribution is 0.585. The summed E-state index contributed by atoms with van der Waals surface area (Å²) in [6.45, 7) is 2.27. The molecule has 2 atom stereocenters. The topological polar surface area (TPSA) is 25.8 Å². The molecule has 2 aromatic rings. The summed E-state index contributed by atoms with van der Waals surface area (Å²) < 4.78 is 0. The van der Waals surface area contributed by atoms with Crippen molar-refractivity contribution in [3.63, 3.8) is 0 Å². The second-order valence-corrected chi connectivity index (χ2v) is 6.24. The Labute approximate surface area is 129 Å². The Morgan fingerprint density at radius 3 is 2.20 bits per heavy atom. The van der Waals surface area contributed by atoms with Crippen LogP contribution in [0.4, 0.5) is 0 Å². The summed E-state index contributed by atoms with van der Waals surface area (Å²) in [5.41, 5.74) is 1.68. The Morgan fingerprint density at radius 2 is 1.65 bits per heavy atom. The first-order valence-electron chi connectivity index (χ1n) is 6.93. The van der Waals surface area contributed by atoms with Crippen LogP contribution in [-0.2, 0) is 0 Å². The molecule has 0 radical (unpaired) electrons. The van der Waals surface area contributed by atoms with Crippen molar-refractivity contribution in [2.75, 3.05) is 0 Å². The summed E-state index contributed by atoms with van der Waals surface area (Å²) in [6.07, 6.45) is 3.47. The van der Waals surface area contributed by atoms with Gasteiger partial charge in [-0.3, -0.25) is 0 Å². The summed E-state index contributed by atoms with van der Waals surface area (Å²) >= 11 is 12.7. The minimum atomic E-state index is 0.393. The van der Waals surface area contributed by atoms with E-state index in [1.165, 1.54) is 6.42 Å². The molecule has 0 saturated heterocycles. The molecular weight excluding hydrogens is 291 g/mol. The molecule has 2 unspecified atom stereocenters. The van der Waals surface area contributed by atoms with Crippen LogP contribution in [0, 0.1) is 5.92 Å². The maximum atomic E-state index is 6.35. The molecule has 1 fully saturated rings. The lowest BCUT2D eigenvalue weighted by Gasteiger charge is -2.12. The van der Waals surface area contributed by atoms with Gasteiger partial charge in [0.1, 0.15) is 16.1 Å². The smallest absolute Gasteiger partial charge is 0.142 e. The first-order valence-corrected chi connectivity index (χ1v) is 7.69. The van der Waals surface area contributed by atoms with Crippen molar-refractivity contribution in [3.8, 4) is 11.1 Å². The molecular formula is C16H16Cl2N2. The average Bonchev–Trinajstić information content (AvgIpc) is 2.86. The third-order valence-corrected chi connectivity index (χ3v) is 4.51. The van der Waals surface area contributed by atoms with Crippen LogP contribution in [0.3, 0.4) is 0 Å². The first-order chi connectivity index (χ1) is 9.65. The lowest BCUT2D eigenvalue weighted by Crippen LogP contribution is -2.03. The molecule has 1 aromatic carbocycles. The zero-order valence-corrected chi connectivity index (χ0v) is 12.8. The number of nitrogens with zero attached hydrogens (tertiary/aromatic N) is 2. The van der Waals surface area contributed by atoms with E-state index in [2.05, 4.69) is 16.9 Å². The molecule has 0 amide bonds. The highest BCUT2D eigenvalue weighted by Crippen LogP contribution is 2.39. The zero-order chi connectivity index (χ0) is 14.1. The molecule has 0 N–H and O–H groups in total. The van der Waals surface area contributed by atoms with E-state index < -0.39 is 0 Å². The Morgan fingerprint density at radius 1 is 1.00 bits per heavy atom. The predicted octanol–water partition coefficient (Wildman–Crippen LogP) is 5.35. The molecule has 0 bridgehead atoms. The van der Waals surface area contributed by atoms with Gasteiger partial charge in [-0.2, -0.15) is 0 Å². The molecule has 3 rings (SSSR count). The van der Waals surface area contributed by atoms with Crippen LogP contribution < -0.4 is 0 Å². The van der Waals surface area contributed by atoms with Gasteiger partial charge in [0.15, 0.2) is 0 Å². The van der Waals surface area contributed by atoms with E-state index in [-0.39, 0.29) is 0 Å². The Balaban J connectivity index is 1.99. The van der Waals surface area contributed by atoms with Crippen LogP contribution in [-0.4, -0.2) is 9.97 Å². The molecule has 4 heteroatoms. The number of benzene rings is 1. The van der Waals surface area contributed by atoms with Gasteiger partial charge in [-0.05, 0) is 30.7 Å². The fourth-order valence-corrected chi connectivity index (χ4v) is 3.51. The number of hydrogen-bond acceptors (Lipinski definition) is 2. The molecule has 104 valence electrons. The van der Waals surface area contributed by atoms with E-state index >= 15 is 0 Å². The van der Waals surface area contributed by atoms with Crippen LogP contribution in [0.2, 0.25) is 10.3 Å². The first kappa shape index (κ1) is 13.8. The van der Waals surface area contributed by atoms with Gasteiger partial charge in [0.2, 0.25) is 0 Å². The van der Waals surface area contributed by atoms with E-state index in [4.69, 9.17) is 23.2 Å². The van der Waals surface area contributed by atoms with E-state index in [1.807, 2.05) is 30.3 Å². The summed E-state index contributed by atoms with van der Waals surface area (Å²) in [5, 5.41) is 0.900. The van der Waals surface area contributed by atoms with Crippen molar-refractivity contribution in [3.05, 3.63) is 46.5 Å². The van der Waals surface area contributed by atoms with Gasteiger partial charge < -0.3 is 0 Å². The van der Waals surface area contributed by atoms with Gasteiger partial charge >= 0.3 is 0 Å².